The molecule has 0 amide bonds. The number of pyridine rings is 12. The second-order valence-corrected chi connectivity index (χ2v) is 32.2. The highest BCUT2D eigenvalue weighted by Gasteiger charge is 2.31. The first kappa shape index (κ1) is 94.2. The van der Waals surface area contributed by atoms with E-state index in [1.165, 1.54) is 117 Å². The van der Waals surface area contributed by atoms with Crippen molar-refractivity contribution in [2.45, 2.75) is 64.2 Å². The van der Waals surface area contributed by atoms with Gasteiger partial charge in [0.2, 0.25) is 0 Å². The van der Waals surface area contributed by atoms with Crippen molar-refractivity contribution in [2.24, 2.45) is 0 Å². The van der Waals surface area contributed by atoms with Gasteiger partial charge in [-0.3, -0.25) is 19.2 Å². The Morgan fingerprint density at radius 2 is 0.647 bits per heavy atom. The molecule has 26 nitrogen and oxygen atoms in total. The van der Waals surface area contributed by atoms with Gasteiger partial charge in [-0.2, -0.15) is 0 Å². The van der Waals surface area contributed by atoms with Crippen LogP contribution in [0.3, 0.4) is 0 Å². The van der Waals surface area contributed by atoms with Gasteiger partial charge in [-0.25, -0.2) is 88.2 Å². The Balaban J connectivity index is 0.000000132. The lowest BCUT2D eigenvalue weighted by Gasteiger charge is -2.19. The average molecular weight is 1870 g/mol. The van der Waals surface area contributed by atoms with Gasteiger partial charge in [0.25, 0.3) is 22.2 Å². The van der Waals surface area contributed by atoms with E-state index in [1.807, 2.05) is 25.1 Å². The summed E-state index contributed by atoms with van der Waals surface area (Å²) in [6.07, 6.45) is 13.4. The van der Waals surface area contributed by atoms with Gasteiger partial charge in [-0.05, 0) is 181 Å². The van der Waals surface area contributed by atoms with Crippen LogP contribution in [-0.4, -0.2) is 154 Å². The highest BCUT2D eigenvalue weighted by molar-refractivity contribution is 5.90. The summed E-state index contributed by atoms with van der Waals surface area (Å²) in [6.45, 7) is 11.1. The second kappa shape index (κ2) is 42.5. The van der Waals surface area contributed by atoms with Crippen LogP contribution in [0.25, 0.3) is 88.1 Å². The van der Waals surface area contributed by atoms with Crippen molar-refractivity contribution in [3.8, 4) is 50.3 Å². The predicted octanol–water partition coefficient (Wildman–Crippen LogP) is 18.9. The number of nitrogens with zero attached hydrogens (tertiary/aromatic N) is 14. The number of ether oxygens (including phenoxy) is 4. The van der Waals surface area contributed by atoms with Gasteiger partial charge in [-0.15, -0.1) is 0 Å². The van der Waals surface area contributed by atoms with Crippen molar-refractivity contribution < 1.29 is 67.2 Å². The van der Waals surface area contributed by atoms with Gasteiger partial charge in [0.05, 0.1) is 129 Å². The Morgan fingerprint density at radius 1 is 0.353 bits per heavy atom. The van der Waals surface area contributed by atoms with E-state index < -0.39 is 86.2 Å². The minimum atomic E-state index is -0.815. The van der Waals surface area contributed by atoms with Gasteiger partial charge in [0.1, 0.15) is 123 Å². The average Bonchev–Trinajstić information content (AvgIpc) is 1.22. The minimum absolute atomic E-state index is 0.0502. The van der Waals surface area contributed by atoms with Crippen molar-refractivity contribution in [1.29, 1.82) is 0 Å². The Kier molecular flexibility index (Phi) is 29.4. The van der Waals surface area contributed by atoms with Crippen molar-refractivity contribution in [3.05, 3.63) is 325 Å². The van der Waals surface area contributed by atoms with Gasteiger partial charge in [0, 0.05) is 104 Å². The molecule has 0 bridgehead atoms. The summed E-state index contributed by atoms with van der Waals surface area (Å²) >= 11 is 0. The highest BCUT2D eigenvalue weighted by Crippen LogP contribution is 2.37. The van der Waals surface area contributed by atoms with Gasteiger partial charge in [0.15, 0.2) is 0 Å². The molecule has 0 saturated carbocycles. The molecule has 3 fully saturated rings. The van der Waals surface area contributed by atoms with Gasteiger partial charge in [-0.1, -0.05) is 38.1 Å². The first-order valence-corrected chi connectivity index (χ1v) is 43.4. The van der Waals surface area contributed by atoms with Crippen LogP contribution in [-0.2, 0) is 20.8 Å². The molecule has 3 saturated heterocycles. The van der Waals surface area contributed by atoms with Crippen LogP contribution in [0.1, 0.15) is 57.7 Å². The van der Waals surface area contributed by atoms with Crippen LogP contribution in [0, 0.1) is 64.0 Å². The molecule has 15 heterocycles. The zero-order valence-corrected chi connectivity index (χ0v) is 73.5. The predicted molar refractivity (Wildman–Crippen MR) is 495 cm³/mol. The Bertz CT molecular complexity index is 7020. The lowest BCUT2D eigenvalue weighted by atomic mass is 10.0. The SMILES string of the molecule is CCN(CC)CCOc1ccc(Nc2cc3c(cn2)cc(-c2c(F)cccc2F)c(=O)n3C2CCOC2)nc1.CN(C)CCCn1c(=O)c(-c2c(F)cccc2F)cc2cnc(Nc3ccc(F)cn3)cc21.O=c1c(-c2c(F)cccc2F)cc2cnc(Nc3ccc(F)cn3)cc2n1C1CCOC1.O=c1c(-c2c(F)cccc2F)cc2cnc(Nc3ccc(F)cn3)cc2n1C1CCOC1. The molecule has 0 radical (unpaired) electrons. The molecular formula is C99H87F11N18O8. The Labute approximate surface area is 768 Å². The lowest BCUT2D eigenvalue weighted by Crippen LogP contribution is -2.27. The molecule has 3 atom stereocenters. The van der Waals surface area contributed by atoms with Crippen LogP contribution >= 0.6 is 0 Å². The molecule has 12 aromatic heterocycles. The van der Waals surface area contributed by atoms with Crippen LogP contribution < -0.4 is 48.2 Å². The Morgan fingerprint density at radius 3 is 0.926 bits per heavy atom. The Hall–Kier alpha value is -15.1. The van der Waals surface area contributed by atoms with Crippen LogP contribution in [0.5, 0.6) is 5.75 Å². The van der Waals surface area contributed by atoms with Crippen LogP contribution in [0.15, 0.2) is 239 Å². The summed E-state index contributed by atoms with van der Waals surface area (Å²) < 4.78 is 184. The maximum absolute atomic E-state index is 14.6. The number of fused-ring (bicyclic) bond motifs is 4. The molecular weight excluding hydrogens is 1780 g/mol. The molecule has 16 aromatic rings. The molecule has 37 heteroatoms. The molecule has 0 spiro atoms. The van der Waals surface area contributed by atoms with Crippen LogP contribution in [0.2, 0.25) is 0 Å². The number of aryl methyl sites for hydroxylation is 1. The van der Waals surface area contributed by atoms with E-state index >= 15 is 0 Å². The van der Waals surface area contributed by atoms with E-state index in [0.29, 0.717) is 174 Å². The maximum atomic E-state index is 14.6. The van der Waals surface area contributed by atoms with E-state index in [-0.39, 0.29) is 62.6 Å². The molecule has 3 unspecified atom stereocenters. The fourth-order valence-electron chi connectivity index (χ4n) is 16.3. The molecule has 19 rings (SSSR count). The monoisotopic (exact) mass is 1860 g/mol. The van der Waals surface area contributed by atoms with E-state index in [2.05, 4.69) is 79.9 Å². The molecule has 4 aromatic carbocycles. The summed E-state index contributed by atoms with van der Waals surface area (Å²) in [5, 5.41) is 14.3. The van der Waals surface area contributed by atoms with Crippen molar-refractivity contribution in [1.82, 2.24) is 67.9 Å². The summed E-state index contributed by atoms with van der Waals surface area (Å²) in [5.74, 6) is -3.86. The molecule has 136 heavy (non-hydrogen) atoms. The number of hydrogen-bond donors (Lipinski definition) is 4. The summed E-state index contributed by atoms with van der Waals surface area (Å²) in [7, 11) is 3.85. The fraction of sp³-hybridized carbons (Fsp3) is 0.232. The van der Waals surface area contributed by atoms with Crippen molar-refractivity contribution >= 4 is 90.2 Å². The molecule has 4 N–H and O–H groups in total. The van der Waals surface area contributed by atoms with Crippen molar-refractivity contribution in [3.63, 3.8) is 0 Å². The second-order valence-electron chi connectivity index (χ2n) is 32.2. The smallest absolute Gasteiger partial charge is 0.259 e. The first-order chi connectivity index (χ1) is 65.8. The fourth-order valence-corrected chi connectivity index (χ4v) is 16.3. The number of likely N-dealkylation sites (N-methyl/N-ethyl adjacent to an activating group) is 1. The van der Waals surface area contributed by atoms with E-state index in [4.69, 9.17) is 18.9 Å². The number of aromatic nitrogens is 12. The highest BCUT2D eigenvalue weighted by atomic mass is 19.2. The summed E-state index contributed by atoms with van der Waals surface area (Å²) in [4.78, 5) is 91.9. The largest absolute Gasteiger partial charge is 0.491 e. The maximum Gasteiger partial charge on any atom is 0.259 e. The summed E-state index contributed by atoms with van der Waals surface area (Å²) in [5.41, 5.74) is -1.53. The minimum Gasteiger partial charge on any atom is -0.491 e. The number of anilines is 8. The third kappa shape index (κ3) is 21.4. The number of nitrogens with one attached hydrogen (secondary N) is 4. The van der Waals surface area contributed by atoms with E-state index in [9.17, 15) is 67.5 Å². The first-order valence-electron chi connectivity index (χ1n) is 43.4. The number of rotatable bonds is 25. The summed E-state index contributed by atoms with van der Waals surface area (Å²) in [6, 6.07) is 37.5. The quantitative estimate of drug-likeness (QED) is 0.0387. The number of hydrogen-bond acceptors (Lipinski definition) is 22. The lowest BCUT2D eigenvalue weighted by molar-refractivity contribution is 0.186. The molecule has 698 valence electrons. The zero-order chi connectivity index (χ0) is 95.4. The molecule has 3 aliphatic heterocycles. The van der Waals surface area contributed by atoms with Crippen LogP contribution in [0.4, 0.5) is 94.8 Å². The number of benzene rings is 4. The number of halogens is 11. The topological polar surface area (TPSA) is 283 Å². The van der Waals surface area contributed by atoms with Gasteiger partial charge >= 0.3 is 0 Å². The third-order valence-corrected chi connectivity index (χ3v) is 23.0. The standard InChI is InChI=1S/C29H31F2N5O3.C24H22F3N5O.2C23H17F3N4O2/c1-3-35(4-2)11-13-39-21-8-9-26(33-17-21)34-27-15-25-19(16-32-27)14-22(28-23(30)6-5-7-24(28)31)29(37)36(25)20-10-12-38-18-20;1-31(2)9-4-10-32-20-12-22(30-21-8-7-16(25)14-29-21)28-13-15(20)11-17(24(32)33)23-18(26)5-3-6-19(23)27;2*24-14-4-5-20(28-11-14)29-21-9-19-13(10-27-21)8-16(22-17(25)2-1-3-18(22)26)23(31)30(19)15-6-7-32-12-15/h5-9,14-17,20H,3-4,10-13,18H2,1-2H3,(H,32,33,34);3,5-8,11-14H,4,9-10H2,1-2H3,(H,28,29,30);2*1-5,8-11,15H,6-7,12H2,(H,27,28,29). The third-order valence-electron chi connectivity index (χ3n) is 23.0. The molecule has 0 aliphatic carbocycles. The van der Waals surface area contributed by atoms with Crippen molar-refractivity contribution in [2.75, 3.05) is 108 Å². The molecule has 3 aliphatic rings. The van der Waals surface area contributed by atoms with Gasteiger partial charge < -0.3 is 68.3 Å². The normalized spacial score (nSPS) is 14.6. The zero-order valence-electron chi connectivity index (χ0n) is 73.5. The van der Waals surface area contributed by atoms with E-state index in [0.717, 1.165) is 93.3 Å². The van der Waals surface area contributed by atoms with E-state index in [1.54, 1.807) is 47.3 Å².